The first-order valence-electron chi connectivity index (χ1n) is 3.91. The van der Waals surface area contributed by atoms with Crippen LogP contribution >= 0.6 is 0 Å². The highest BCUT2D eigenvalue weighted by atomic mass is 16.6. The molecule has 1 rings (SSSR count). The minimum atomic E-state index is -0.717. The van der Waals surface area contributed by atoms with E-state index in [4.69, 9.17) is 4.74 Å². The molecule has 13 heavy (non-hydrogen) atoms. The topological polar surface area (TPSA) is 52.1 Å². The molecule has 1 aromatic heterocycles. The van der Waals surface area contributed by atoms with E-state index in [1.807, 2.05) is 0 Å². The lowest BCUT2D eigenvalue weighted by Gasteiger charge is -2.22. The van der Waals surface area contributed by atoms with E-state index >= 15 is 0 Å². The van der Waals surface area contributed by atoms with Crippen LogP contribution < -0.4 is 0 Å². The van der Waals surface area contributed by atoms with Gasteiger partial charge in [-0.2, -0.15) is 0 Å². The molecule has 0 saturated carbocycles. The van der Waals surface area contributed by atoms with Crippen molar-refractivity contribution in [3.05, 3.63) is 24.3 Å². The first kappa shape index (κ1) is 9.64. The normalized spacial score (nSPS) is 11.0. The zero-order valence-corrected chi connectivity index (χ0v) is 7.87. The number of rotatable bonds is 2. The molecule has 0 amide bonds. The molecule has 0 aliphatic rings. The molecule has 0 unspecified atom stereocenters. The maximum Gasteiger partial charge on any atom is 0.303 e. The lowest BCUT2D eigenvalue weighted by atomic mass is 10.1. The summed E-state index contributed by atoms with van der Waals surface area (Å²) >= 11 is 0. The van der Waals surface area contributed by atoms with Crippen molar-refractivity contribution >= 4 is 5.97 Å². The first-order valence-corrected chi connectivity index (χ1v) is 3.91. The Kier molecular flexibility index (Phi) is 2.60. The van der Waals surface area contributed by atoms with E-state index in [1.165, 1.54) is 6.92 Å². The molecule has 4 heteroatoms. The third-order valence-corrected chi connectivity index (χ3v) is 1.55. The second-order valence-corrected chi connectivity index (χ2v) is 3.15. The molecule has 0 spiro atoms. The fraction of sp³-hybridized carbons (Fsp3) is 0.444. The van der Waals surface area contributed by atoms with E-state index in [-0.39, 0.29) is 5.97 Å². The summed E-state index contributed by atoms with van der Waals surface area (Å²) in [5.41, 5.74) is -0.0802. The van der Waals surface area contributed by atoms with E-state index in [9.17, 15) is 4.79 Å². The Bertz CT molecular complexity index is 296. The summed E-state index contributed by atoms with van der Waals surface area (Å²) in [6, 6.07) is 1.69. The monoisotopic (exact) mass is 179 g/mol. The average molecular weight is 179 g/mol. The highest BCUT2D eigenvalue weighted by Gasteiger charge is 2.25. The maximum absolute atomic E-state index is 10.8. The molecule has 0 saturated heterocycles. The van der Waals surface area contributed by atoms with Gasteiger partial charge in [-0.25, -0.2) is 9.97 Å². The molecular formula is C9H11N2O2. The summed E-state index contributed by atoms with van der Waals surface area (Å²) in [6.45, 7) is 4.90. The van der Waals surface area contributed by atoms with Crippen molar-refractivity contribution in [2.24, 2.45) is 0 Å². The second kappa shape index (κ2) is 3.51. The largest absolute Gasteiger partial charge is 0.453 e. The van der Waals surface area contributed by atoms with Crippen molar-refractivity contribution < 1.29 is 9.53 Å². The van der Waals surface area contributed by atoms with Crippen LogP contribution in [0.3, 0.4) is 0 Å². The van der Waals surface area contributed by atoms with Gasteiger partial charge in [-0.1, -0.05) is 0 Å². The fourth-order valence-electron chi connectivity index (χ4n) is 1.01. The van der Waals surface area contributed by atoms with Gasteiger partial charge in [0.25, 0.3) is 0 Å². The second-order valence-electron chi connectivity index (χ2n) is 3.15. The lowest BCUT2D eigenvalue weighted by Crippen LogP contribution is -2.25. The summed E-state index contributed by atoms with van der Waals surface area (Å²) in [5, 5.41) is 0. The van der Waals surface area contributed by atoms with Crippen LogP contribution in [0, 0.1) is 6.33 Å². The van der Waals surface area contributed by atoms with Crippen molar-refractivity contribution in [1.29, 1.82) is 0 Å². The summed E-state index contributed by atoms with van der Waals surface area (Å²) in [6.07, 6.45) is 4.01. The van der Waals surface area contributed by atoms with Crippen molar-refractivity contribution in [3.63, 3.8) is 0 Å². The van der Waals surface area contributed by atoms with Crippen LogP contribution in [-0.4, -0.2) is 15.9 Å². The standard InChI is InChI=1S/C9H11N2O2/c1-7(12)13-9(2,3)8-4-5-10-6-11-8/h4-5H,1-3H3. The predicted molar refractivity (Wildman–Crippen MR) is 45.7 cm³/mol. The van der Waals surface area contributed by atoms with Crippen LogP contribution in [0.5, 0.6) is 0 Å². The van der Waals surface area contributed by atoms with Gasteiger partial charge in [0.05, 0.1) is 5.69 Å². The average Bonchev–Trinajstić information content (AvgIpc) is 2.04. The molecule has 0 atom stereocenters. The number of carbonyl (C=O) groups is 1. The Morgan fingerprint density at radius 1 is 1.62 bits per heavy atom. The highest BCUT2D eigenvalue weighted by molar-refractivity contribution is 5.66. The number of ether oxygens (including phenoxy) is 1. The van der Waals surface area contributed by atoms with E-state index in [0.29, 0.717) is 5.69 Å². The molecular weight excluding hydrogens is 168 g/mol. The van der Waals surface area contributed by atoms with Crippen molar-refractivity contribution in [2.75, 3.05) is 0 Å². The van der Waals surface area contributed by atoms with Crippen molar-refractivity contribution in [2.45, 2.75) is 26.4 Å². The predicted octanol–water partition coefficient (Wildman–Crippen LogP) is 1.07. The Hall–Kier alpha value is -1.45. The summed E-state index contributed by atoms with van der Waals surface area (Å²) in [5.74, 6) is -0.330. The van der Waals surface area contributed by atoms with Gasteiger partial charge >= 0.3 is 5.97 Å². The molecule has 1 radical (unpaired) electrons. The van der Waals surface area contributed by atoms with Gasteiger partial charge in [0.2, 0.25) is 0 Å². The minimum Gasteiger partial charge on any atom is -0.453 e. The number of hydrogen-bond acceptors (Lipinski definition) is 4. The Balaban J connectivity index is 2.87. The van der Waals surface area contributed by atoms with Gasteiger partial charge in [0.15, 0.2) is 6.33 Å². The lowest BCUT2D eigenvalue weighted by molar-refractivity contribution is -0.154. The van der Waals surface area contributed by atoms with Crippen LogP contribution in [0.4, 0.5) is 0 Å². The summed E-state index contributed by atoms with van der Waals surface area (Å²) < 4.78 is 5.07. The molecule has 0 aliphatic carbocycles. The molecule has 0 aliphatic heterocycles. The number of carbonyl (C=O) groups excluding carboxylic acids is 1. The van der Waals surface area contributed by atoms with Gasteiger partial charge in [0.1, 0.15) is 5.60 Å². The molecule has 0 bridgehead atoms. The van der Waals surface area contributed by atoms with E-state index in [0.717, 1.165) is 0 Å². The Morgan fingerprint density at radius 2 is 2.31 bits per heavy atom. The molecule has 4 nitrogen and oxygen atoms in total. The molecule has 1 aromatic rings. The van der Waals surface area contributed by atoms with Crippen LogP contribution in [0.1, 0.15) is 26.5 Å². The number of aromatic nitrogens is 2. The third-order valence-electron chi connectivity index (χ3n) is 1.55. The van der Waals surface area contributed by atoms with Crippen LogP contribution in [0.15, 0.2) is 12.3 Å². The molecule has 0 aromatic carbocycles. The third kappa shape index (κ3) is 2.50. The molecule has 0 fully saturated rings. The van der Waals surface area contributed by atoms with E-state index in [2.05, 4.69) is 16.3 Å². The summed E-state index contributed by atoms with van der Waals surface area (Å²) in [7, 11) is 0. The quantitative estimate of drug-likeness (QED) is 0.637. The van der Waals surface area contributed by atoms with E-state index in [1.54, 1.807) is 26.1 Å². The zero-order valence-electron chi connectivity index (χ0n) is 7.87. The Labute approximate surface area is 77.0 Å². The van der Waals surface area contributed by atoms with Crippen molar-refractivity contribution in [1.82, 2.24) is 9.97 Å². The first-order chi connectivity index (χ1) is 6.02. The molecule has 0 N–H and O–H groups in total. The zero-order chi connectivity index (χ0) is 9.90. The fourth-order valence-corrected chi connectivity index (χ4v) is 1.01. The van der Waals surface area contributed by atoms with E-state index < -0.39 is 5.60 Å². The van der Waals surface area contributed by atoms with Crippen LogP contribution in [0.2, 0.25) is 0 Å². The SMILES string of the molecule is CC(=O)OC(C)(C)c1ccn[c]n1. The molecule has 1 heterocycles. The number of nitrogens with zero attached hydrogens (tertiary/aromatic N) is 2. The van der Waals surface area contributed by atoms with Crippen molar-refractivity contribution in [3.8, 4) is 0 Å². The van der Waals surface area contributed by atoms with Gasteiger partial charge in [-0.3, -0.25) is 4.79 Å². The van der Waals surface area contributed by atoms with Crippen LogP contribution in [0.25, 0.3) is 0 Å². The highest BCUT2D eigenvalue weighted by Crippen LogP contribution is 2.21. The molecule has 69 valence electrons. The smallest absolute Gasteiger partial charge is 0.303 e. The number of esters is 1. The van der Waals surface area contributed by atoms with Gasteiger partial charge in [-0.15, -0.1) is 0 Å². The van der Waals surface area contributed by atoms with Gasteiger partial charge < -0.3 is 4.74 Å². The number of hydrogen-bond donors (Lipinski definition) is 0. The Morgan fingerprint density at radius 3 is 2.77 bits per heavy atom. The van der Waals surface area contributed by atoms with Gasteiger partial charge in [0, 0.05) is 13.1 Å². The summed E-state index contributed by atoms with van der Waals surface area (Å²) in [4.78, 5) is 18.3. The minimum absolute atomic E-state index is 0.330. The van der Waals surface area contributed by atoms with Crippen LogP contribution in [-0.2, 0) is 15.1 Å². The van der Waals surface area contributed by atoms with Gasteiger partial charge in [-0.05, 0) is 19.9 Å². The maximum atomic E-state index is 10.8.